The van der Waals surface area contributed by atoms with Crippen LogP contribution in [0.4, 0.5) is 0 Å². The number of esters is 1. The Kier molecular flexibility index (Phi) is 4.82. The van der Waals surface area contributed by atoms with Gasteiger partial charge in [-0.25, -0.2) is 0 Å². The van der Waals surface area contributed by atoms with Crippen LogP contribution in [0.5, 0.6) is 0 Å². The third-order valence-electron chi connectivity index (χ3n) is 4.30. The molecule has 0 amide bonds. The summed E-state index contributed by atoms with van der Waals surface area (Å²) in [7, 11) is 0. The average molecular weight is 226 g/mol. The van der Waals surface area contributed by atoms with Gasteiger partial charge in [0.1, 0.15) is 5.60 Å². The second-order valence-corrected chi connectivity index (χ2v) is 5.32. The van der Waals surface area contributed by atoms with Crippen LogP contribution in [0.3, 0.4) is 0 Å². The second kappa shape index (κ2) is 5.70. The zero-order chi connectivity index (χ0) is 12.2. The highest BCUT2D eigenvalue weighted by atomic mass is 16.6. The fraction of sp³-hybridized carbons (Fsp3) is 0.929. The Labute approximate surface area is 99.8 Å². The molecule has 1 fully saturated rings. The molecule has 0 saturated heterocycles. The summed E-state index contributed by atoms with van der Waals surface area (Å²) in [5.41, 5.74) is -0.189. The first-order valence-electron chi connectivity index (χ1n) is 6.73. The number of hydrogen-bond acceptors (Lipinski definition) is 2. The van der Waals surface area contributed by atoms with Crippen molar-refractivity contribution in [3.05, 3.63) is 0 Å². The number of hydrogen-bond donors (Lipinski definition) is 0. The molecular weight excluding hydrogens is 200 g/mol. The first-order chi connectivity index (χ1) is 7.54. The molecule has 1 rings (SSSR count). The molecule has 0 heterocycles. The lowest BCUT2D eigenvalue weighted by Crippen LogP contribution is -2.42. The average Bonchev–Trinajstić information content (AvgIpc) is 2.27. The van der Waals surface area contributed by atoms with Crippen LogP contribution in [0.1, 0.15) is 66.2 Å². The predicted octanol–water partition coefficient (Wildman–Crippen LogP) is 3.93. The highest BCUT2D eigenvalue weighted by Gasteiger charge is 2.39. The van der Waals surface area contributed by atoms with E-state index in [-0.39, 0.29) is 11.6 Å². The van der Waals surface area contributed by atoms with E-state index in [1.54, 1.807) is 0 Å². The molecule has 0 aromatic heterocycles. The van der Waals surface area contributed by atoms with Crippen molar-refractivity contribution in [3.63, 3.8) is 0 Å². The molecular formula is C14H26O2. The Bertz CT molecular complexity index is 223. The van der Waals surface area contributed by atoms with E-state index < -0.39 is 0 Å². The Hall–Kier alpha value is -0.530. The molecule has 1 aliphatic rings. The maximum absolute atomic E-state index is 11.3. The van der Waals surface area contributed by atoms with Crippen LogP contribution in [0.25, 0.3) is 0 Å². The summed E-state index contributed by atoms with van der Waals surface area (Å²) in [5.74, 6) is 1.30. The van der Waals surface area contributed by atoms with E-state index in [9.17, 15) is 4.79 Å². The van der Waals surface area contributed by atoms with Gasteiger partial charge < -0.3 is 4.74 Å². The van der Waals surface area contributed by atoms with Crippen molar-refractivity contribution in [2.45, 2.75) is 71.8 Å². The van der Waals surface area contributed by atoms with Crippen molar-refractivity contribution >= 4 is 5.97 Å². The highest BCUT2D eigenvalue weighted by Crippen LogP contribution is 2.41. The minimum absolute atomic E-state index is 0.123. The van der Waals surface area contributed by atoms with E-state index in [4.69, 9.17) is 4.74 Å². The molecule has 0 unspecified atom stereocenters. The first kappa shape index (κ1) is 13.5. The van der Waals surface area contributed by atoms with E-state index in [0.29, 0.717) is 5.92 Å². The van der Waals surface area contributed by atoms with Crippen molar-refractivity contribution in [2.24, 2.45) is 11.8 Å². The standard InChI is InChI=1S/C14H26O2/c1-5-14(6-2,16-12(4)15)13-9-7-11(3)8-10-13/h11,13H,5-10H2,1-4H3. The Morgan fingerprint density at radius 2 is 1.69 bits per heavy atom. The summed E-state index contributed by atoms with van der Waals surface area (Å²) in [5, 5.41) is 0. The van der Waals surface area contributed by atoms with Crippen LogP contribution < -0.4 is 0 Å². The van der Waals surface area contributed by atoms with Crippen LogP contribution >= 0.6 is 0 Å². The van der Waals surface area contributed by atoms with Gasteiger partial charge in [0.05, 0.1) is 0 Å². The van der Waals surface area contributed by atoms with Gasteiger partial charge in [0.25, 0.3) is 0 Å². The van der Waals surface area contributed by atoms with Crippen LogP contribution in [0.15, 0.2) is 0 Å². The minimum Gasteiger partial charge on any atom is -0.459 e. The maximum atomic E-state index is 11.3. The Morgan fingerprint density at radius 3 is 2.06 bits per heavy atom. The van der Waals surface area contributed by atoms with E-state index in [1.165, 1.54) is 32.6 Å². The number of carbonyl (C=O) groups excluding carboxylic acids is 1. The van der Waals surface area contributed by atoms with Gasteiger partial charge in [-0.1, -0.05) is 33.6 Å². The molecule has 0 atom stereocenters. The number of carbonyl (C=O) groups is 1. The van der Waals surface area contributed by atoms with Gasteiger partial charge in [-0.2, -0.15) is 0 Å². The summed E-state index contributed by atoms with van der Waals surface area (Å²) in [6.07, 6.45) is 6.90. The molecule has 16 heavy (non-hydrogen) atoms. The lowest BCUT2D eigenvalue weighted by Gasteiger charge is -2.42. The fourth-order valence-electron chi connectivity index (χ4n) is 3.13. The molecule has 1 aliphatic carbocycles. The van der Waals surface area contributed by atoms with Crippen molar-refractivity contribution in [1.29, 1.82) is 0 Å². The molecule has 0 spiro atoms. The van der Waals surface area contributed by atoms with E-state index in [1.807, 2.05) is 0 Å². The SMILES string of the molecule is CCC(CC)(OC(C)=O)C1CCC(C)CC1. The third-order valence-corrected chi connectivity index (χ3v) is 4.30. The molecule has 0 N–H and O–H groups in total. The lowest BCUT2D eigenvalue weighted by atomic mass is 9.71. The summed E-state index contributed by atoms with van der Waals surface area (Å²) in [6, 6.07) is 0. The normalized spacial score (nSPS) is 26.5. The van der Waals surface area contributed by atoms with Gasteiger partial charge in [-0.15, -0.1) is 0 Å². The maximum Gasteiger partial charge on any atom is 0.303 e. The predicted molar refractivity (Wildman–Crippen MR) is 66.2 cm³/mol. The second-order valence-electron chi connectivity index (χ2n) is 5.32. The van der Waals surface area contributed by atoms with Crippen LogP contribution in [-0.2, 0) is 9.53 Å². The van der Waals surface area contributed by atoms with Crippen molar-refractivity contribution in [1.82, 2.24) is 0 Å². The van der Waals surface area contributed by atoms with Gasteiger partial charge in [0.15, 0.2) is 0 Å². The van der Waals surface area contributed by atoms with Gasteiger partial charge in [0, 0.05) is 6.92 Å². The van der Waals surface area contributed by atoms with Crippen molar-refractivity contribution in [3.8, 4) is 0 Å². The van der Waals surface area contributed by atoms with Gasteiger partial charge in [-0.05, 0) is 37.5 Å². The quantitative estimate of drug-likeness (QED) is 0.679. The molecule has 0 aromatic rings. The smallest absolute Gasteiger partial charge is 0.303 e. The van der Waals surface area contributed by atoms with Crippen LogP contribution in [-0.4, -0.2) is 11.6 Å². The molecule has 0 aliphatic heterocycles. The summed E-state index contributed by atoms with van der Waals surface area (Å²) >= 11 is 0. The first-order valence-corrected chi connectivity index (χ1v) is 6.73. The summed E-state index contributed by atoms with van der Waals surface area (Å²) < 4.78 is 5.67. The van der Waals surface area contributed by atoms with Gasteiger partial charge >= 0.3 is 5.97 Å². The van der Waals surface area contributed by atoms with Crippen molar-refractivity contribution < 1.29 is 9.53 Å². The zero-order valence-corrected chi connectivity index (χ0v) is 11.2. The van der Waals surface area contributed by atoms with Crippen molar-refractivity contribution in [2.75, 3.05) is 0 Å². The largest absolute Gasteiger partial charge is 0.459 e. The van der Waals surface area contributed by atoms with E-state index in [2.05, 4.69) is 20.8 Å². The Morgan fingerprint density at radius 1 is 1.19 bits per heavy atom. The third kappa shape index (κ3) is 2.99. The number of ether oxygens (including phenoxy) is 1. The molecule has 94 valence electrons. The van der Waals surface area contributed by atoms with Gasteiger partial charge in [0.2, 0.25) is 0 Å². The molecule has 0 bridgehead atoms. The monoisotopic (exact) mass is 226 g/mol. The highest BCUT2D eigenvalue weighted by molar-refractivity contribution is 5.66. The summed E-state index contributed by atoms with van der Waals surface area (Å²) in [4.78, 5) is 11.3. The zero-order valence-electron chi connectivity index (χ0n) is 11.2. The molecule has 0 radical (unpaired) electrons. The molecule has 2 heteroatoms. The molecule has 1 saturated carbocycles. The number of rotatable bonds is 4. The van der Waals surface area contributed by atoms with Gasteiger partial charge in [-0.3, -0.25) is 4.79 Å². The van der Waals surface area contributed by atoms with E-state index in [0.717, 1.165) is 18.8 Å². The molecule has 0 aromatic carbocycles. The fourth-order valence-corrected chi connectivity index (χ4v) is 3.13. The molecule has 2 nitrogen and oxygen atoms in total. The lowest BCUT2D eigenvalue weighted by molar-refractivity contribution is -0.167. The van der Waals surface area contributed by atoms with Crippen LogP contribution in [0, 0.1) is 11.8 Å². The summed E-state index contributed by atoms with van der Waals surface area (Å²) in [6.45, 7) is 8.14. The van der Waals surface area contributed by atoms with Crippen LogP contribution in [0.2, 0.25) is 0 Å². The minimum atomic E-state index is -0.189. The Balaban J connectivity index is 2.71. The van der Waals surface area contributed by atoms with E-state index >= 15 is 0 Å². The topological polar surface area (TPSA) is 26.3 Å².